The lowest BCUT2D eigenvalue weighted by molar-refractivity contribution is 0.589. The highest BCUT2D eigenvalue weighted by atomic mass is 79.9. The van der Waals surface area contributed by atoms with E-state index < -0.39 is 0 Å². The van der Waals surface area contributed by atoms with Crippen molar-refractivity contribution in [3.63, 3.8) is 0 Å². The molecule has 0 aliphatic rings. The molecule has 0 heterocycles. The summed E-state index contributed by atoms with van der Waals surface area (Å²) in [7, 11) is 0. The molecular formula is C29H27BrS. The van der Waals surface area contributed by atoms with E-state index in [9.17, 15) is 0 Å². The number of hydrogen-bond acceptors (Lipinski definition) is 1. The molecule has 0 aliphatic heterocycles. The van der Waals surface area contributed by atoms with Gasteiger partial charge in [-0.3, -0.25) is 0 Å². The second-order valence-corrected chi connectivity index (χ2v) is 11.0. The van der Waals surface area contributed by atoms with E-state index in [1.54, 1.807) is 0 Å². The molecule has 4 rings (SSSR count). The van der Waals surface area contributed by atoms with Crippen LogP contribution in [0, 0.1) is 0 Å². The molecule has 0 spiro atoms. The fraction of sp³-hybridized carbons (Fsp3) is 0.172. The molecule has 0 radical (unpaired) electrons. The number of rotatable bonds is 5. The Bertz CT molecular complexity index is 1070. The fourth-order valence-corrected chi connectivity index (χ4v) is 5.56. The largest absolute Gasteiger partial charge is 0.105 e. The van der Waals surface area contributed by atoms with Crippen LogP contribution in [-0.4, -0.2) is 0 Å². The molecule has 0 fully saturated rings. The highest BCUT2D eigenvalue weighted by molar-refractivity contribution is 9.10. The smallest absolute Gasteiger partial charge is 0.0954 e. The van der Waals surface area contributed by atoms with Crippen molar-refractivity contribution in [2.24, 2.45) is 0 Å². The predicted octanol–water partition coefficient (Wildman–Crippen LogP) is 8.83. The second-order valence-electron chi connectivity index (χ2n) is 8.80. The molecule has 0 saturated heterocycles. The van der Waals surface area contributed by atoms with E-state index in [0.717, 1.165) is 4.47 Å². The fourth-order valence-electron chi connectivity index (χ4n) is 3.91. The van der Waals surface area contributed by atoms with Gasteiger partial charge in [-0.05, 0) is 51.9 Å². The number of benzene rings is 4. The van der Waals surface area contributed by atoms with Gasteiger partial charge in [-0.1, -0.05) is 122 Å². The van der Waals surface area contributed by atoms with E-state index in [1.807, 2.05) is 11.8 Å². The third kappa shape index (κ3) is 4.66. The van der Waals surface area contributed by atoms with Crippen molar-refractivity contribution in [3.8, 4) is 0 Å². The van der Waals surface area contributed by atoms with Crippen molar-refractivity contribution >= 4 is 27.7 Å². The molecule has 0 N–H and O–H groups in total. The van der Waals surface area contributed by atoms with Crippen molar-refractivity contribution in [1.82, 2.24) is 0 Å². The van der Waals surface area contributed by atoms with Gasteiger partial charge < -0.3 is 0 Å². The van der Waals surface area contributed by atoms with Gasteiger partial charge in [0.15, 0.2) is 0 Å². The van der Waals surface area contributed by atoms with Crippen LogP contribution in [-0.2, 0) is 10.2 Å². The van der Waals surface area contributed by atoms with Gasteiger partial charge in [-0.2, -0.15) is 0 Å². The lowest BCUT2D eigenvalue weighted by atomic mass is 9.84. The van der Waals surface area contributed by atoms with E-state index in [0.29, 0.717) is 0 Å². The van der Waals surface area contributed by atoms with Crippen molar-refractivity contribution in [1.29, 1.82) is 0 Å². The van der Waals surface area contributed by atoms with Gasteiger partial charge >= 0.3 is 0 Å². The lowest BCUT2D eigenvalue weighted by Crippen LogP contribution is -2.25. The Morgan fingerprint density at radius 1 is 0.516 bits per heavy atom. The summed E-state index contributed by atoms with van der Waals surface area (Å²) in [4.78, 5) is 1.25. The molecule has 4 aromatic carbocycles. The van der Waals surface area contributed by atoms with Crippen LogP contribution in [0.15, 0.2) is 119 Å². The Balaban J connectivity index is 1.92. The molecule has 0 aliphatic carbocycles. The normalized spacial score (nSPS) is 12.0. The molecule has 2 heteroatoms. The standard InChI is InChI=1S/C29H27BrS/c1-28(2,3)22-16-20-27(21-17-22)31-29(23-10-6-4-7-11-23,24-12-8-5-9-13-24)25-14-18-26(30)19-15-25/h4-21H,1-3H3. The highest BCUT2D eigenvalue weighted by Crippen LogP contribution is 2.51. The average molecular weight is 488 g/mol. The van der Waals surface area contributed by atoms with E-state index >= 15 is 0 Å². The minimum absolute atomic E-state index is 0.144. The Hall–Kier alpha value is -2.29. The maximum absolute atomic E-state index is 3.61. The zero-order valence-corrected chi connectivity index (χ0v) is 20.6. The van der Waals surface area contributed by atoms with E-state index in [1.165, 1.54) is 27.1 Å². The van der Waals surface area contributed by atoms with E-state index in [-0.39, 0.29) is 10.2 Å². The van der Waals surface area contributed by atoms with Crippen LogP contribution >= 0.6 is 27.7 Å². The molecule has 0 bridgehead atoms. The first kappa shape index (κ1) is 21.9. The summed E-state index contributed by atoms with van der Waals surface area (Å²) in [5, 5.41) is 0. The molecule has 0 nitrogen and oxygen atoms in total. The van der Waals surface area contributed by atoms with Crippen LogP contribution in [0.5, 0.6) is 0 Å². The van der Waals surface area contributed by atoms with Crippen LogP contribution in [0.1, 0.15) is 43.0 Å². The third-order valence-corrected chi connectivity index (χ3v) is 7.65. The summed E-state index contributed by atoms with van der Waals surface area (Å²) in [6.07, 6.45) is 0. The Kier molecular flexibility index (Phi) is 6.41. The Morgan fingerprint density at radius 2 is 0.935 bits per heavy atom. The average Bonchev–Trinajstić information content (AvgIpc) is 2.79. The predicted molar refractivity (Wildman–Crippen MR) is 138 cm³/mol. The topological polar surface area (TPSA) is 0 Å². The monoisotopic (exact) mass is 486 g/mol. The minimum Gasteiger partial charge on any atom is -0.105 e. The Labute approximate surface area is 198 Å². The third-order valence-electron chi connectivity index (χ3n) is 5.60. The van der Waals surface area contributed by atoms with Gasteiger partial charge in [0.05, 0.1) is 4.75 Å². The van der Waals surface area contributed by atoms with Crippen molar-refractivity contribution in [3.05, 3.63) is 136 Å². The van der Waals surface area contributed by atoms with Crippen molar-refractivity contribution < 1.29 is 0 Å². The zero-order valence-electron chi connectivity index (χ0n) is 18.2. The molecule has 0 atom stereocenters. The van der Waals surface area contributed by atoms with Gasteiger partial charge in [-0.15, -0.1) is 11.8 Å². The summed E-state index contributed by atoms with van der Waals surface area (Å²) >= 11 is 5.52. The summed E-state index contributed by atoms with van der Waals surface area (Å²) in [5.74, 6) is 0. The highest BCUT2D eigenvalue weighted by Gasteiger charge is 2.37. The number of halogens is 1. The number of hydrogen-bond donors (Lipinski definition) is 0. The molecule has 4 aromatic rings. The molecule has 0 saturated carbocycles. The first-order valence-corrected chi connectivity index (χ1v) is 12.2. The zero-order chi connectivity index (χ0) is 21.9. The summed E-state index contributed by atoms with van der Waals surface area (Å²) in [6, 6.07) is 39.5. The quantitative estimate of drug-likeness (QED) is 0.200. The SMILES string of the molecule is CC(C)(C)c1ccc(SC(c2ccccc2)(c2ccccc2)c2ccc(Br)cc2)cc1. The lowest BCUT2D eigenvalue weighted by Gasteiger charge is -2.35. The molecule has 0 aromatic heterocycles. The van der Waals surface area contributed by atoms with E-state index in [4.69, 9.17) is 0 Å². The molecule has 31 heavy (non-hydrogen) atoms. The second kappa shape index (κ2) is 9.06. The van der Waals surface area contributed by atoms with E-state index in [2.05, 4.69) is 146 Å². The molecule has 0 unspecified atom stereocenters. The van der Waals surface area contributed by atoms with Crippen LogP contribution in [0.4, 0.5) is 0 Å². The van der Waals surface area contributed by atoms with Gasteiger partial charge in [0, 0.05) is 9.37 Å². The van der Waals surface area contributed by atoms with Crippen LogP contribution in [0.25, 0.3) is 0 Å². The molecule has 0 amide bonds. The van der Waals surface area contributed by atoms with Gasteiger partial charge in [0.25, 0.3) is 0 Å². The summed E-state index contributed by atoms with van der Waals surface area (Å²) < 4.78 is 0.734. The molecular weight excluding hydrogens is 460 g/mol. The minimum atomic E-state index is -0.355. The molecule has 156 valence electrons. The maximum atomic E-state index is 3.61. The van der Waals surface area contributed by atoms with Crippen molar-refractivity contribution in [2.75, 3.05) is 0 Å². The summed E-state index contributed by atoms with van der Waals surface area (Å²) in [6.45, 7) is 6.78. The van der Waals surface area contributed by atoms with Gasteiger partial charge in [0.2, 0.25) is 0 Å². The Morgan fingerprint density at radius 3 is 1.39 bits per heavy atom. The number of thioether (sulfide) groups is 1. The van der Waals surface area contributed by atoms with Gasteiger partial charge in [-0.25, -0.2) is 0 Å². The van der Waals surface area contributed by atoms with Crippen LogP contribution in [0.2, 0.25) is 0 Å². The van der Waals surface area contributed by atoms with Gasteiger partial charge in [0.1, 0.15) is 0 Å². The van der Waals surface area contributed by atoms with Crippen LogP contribution < -0.4 is 0 Å². The van der Waals surface area contributed by atoms with Crippen LogP contribution in [0.3, 0.4) is 0 Å². The first-order chi connectivity index (χ1) is 14.9. The first-order valence-electron chi connectivity index (χ1n) is 10.6. The van der Waals surface area contributed by atoms with Crippen molar-refractivity contribution in [2.45, 2.75) is 35.8 Å². The summed E-state index contributed by atoms with van der Waals surface area (Å²) in [5.41, 5.74) is 5.30. The maximum Gasteiger partial charge on any atom is 0.0954 e.